The van der Waals surface area contributed by atoms with Gasteiger partial charge in [0.2, 0.25) is 0 Å². The largest absolute Gasteiger partial charge is 0.326 e. The molecular weight excluding hydrogens is 272 g/mol. The van der Waals surface area contributed by atoms with Gasteiger partial charge in [-0.2, -0.15) is 11.3 Å². The lowest BCUT2D eigenvalue weighted by atomic mass is 10.0. The van der Waals surface area contributed by atoms with Crippen molar-refractivity contribution in [3.05, 3.63) is 44.3 Å². The van der Waals surface area contributed by atoms with Crippen LogP contribution in [0.2, 0.25) is 0 Å². The average Bonchev–Trinajstić information content (AvgIpc) is 3.02. The molecule has 2 rings (SSSR count). The summed E-state index contributed by atoms with van der Waals surface area (Å²) in [6.07, 6.45) is 0.996. The van der Waals surface area contributed by atoms with E-state index in [9.17, 15) is 0 Å². The number of aryl methyl sites for hydroxylation is 1. The topological polar surface area (TPSA) is 29.3 Å². The number of hydrogen-bond donors (Lipinski definition) is 1. The molecule has 104 valence electrons. The third kappa shape index (κ3) is 3.45. The Bertz CT molecular complexity index is 490. The van der Waals surface area contributed by atoms with E-state index >= 15 is 0 Å². The molecule has 0 fully saturated rings. The summed E-state index contributed by atoms with van der Waals surface area (Å²) in [5.41, 5.74) is 9.10. The zero-order valence-electron chi connectivity index (χ0n) is 11.8. The second kappa shape index (κ2) is 6.66. The van der Waals surface area contributed by atoms with Gasteiger partial charge in [-0.1, -0.05) is 6.92 Å². The molecule has 0 aromatic carbocycles. The quantitative estimate of drug-likeness (QED) is 0.871. The SMILES string of the molecule is CCC(N)C(c1sccc1C)N(C)Cc1ccsc1. The second-order valence-corrected chi connectivity index (χ2v) is 6.76. The number of nitrogens with two attached hydrogens (primary N) is 1. The Balaban J connectivity index is 2.20. The molecule has 0 saturated heterocycles. The smallest absolute Gasteiger partial charge is 0.0596 e. The number of thiophene rings is 2. The molecule has 0 bridgehead atoms. The lowest BCUT2D eigenvalue weighted by molar-refractivity contribution is 0.204. The highest BCUT2D eigenvalue weighted by Gasteiger charge is 2.25. The maximum atomic E-state index is 6.37. The molecule has 0 saturated carbocycles. The zero-order chi connectivity index (χ0) is 13.8. The van der Waals surface area contributed by atoms with Gasteiger partial charge in [0.05, 0.1) is 6.04 Å². The maximum absolute atomic E-state index is 6.37. The van der Waals surface area contributed by atoms with Crippen LogP contribution in [-0.2, 0) is 6.54 Å². The third-order valence-corrected chi connectivity index (χ3v) is 5.36. The minimum absolute atomic E-state index is 0.181. The Morgan fingerprint density at radius 2 is 2.11 bits per heavy atom. The number of likely N-dealkylation sites (N-methyl/N-ethyl adjacent to an activating group) is 1. The second-order valence-electron chi connectivity index (χ2n) is 5.03. The molecule has 4 heteroatoms. The predicted molar refractivity (Wildman–Crippen MR) is 85.8 cm³/mol. The highest BCUT2D eigenvalue weighted by atomic mass is 32.1. The van der Waals surface area contributed by atoms with Gasteiger partial charge < -0.3 is 5.73 Å². The minimum Gasteiger partial charge on any atom is -0.326 e. The Morgan fingerprint density at radius 3 is 2.63 bits per heavy atom. The van der Waals surface area contributed by atoms with Crippen molar-refractivity contribution >= 4 is 22.7 Å². The van der Waals surface area contributed by atoms with Gasteiger partial charge in [0.1, 0.15) is 0 Å². The summed E-state index contributed by atoms with van der Waals surface area (Å²) in [6, 6.07) is 4.87. The molecule has 0 spiro atoms. The minimum atomic E-state index is 0.181. The van der Waals surface area contributed by atoms with Crippen LogP contribution in [0, 0.1) is 6.92 Å². The van der Waals surface area contributed by atoms with Crippen LogP contribution >= 0.6 is 22.7 Å². The van der Waals surface area contributed by atoms with Gasteiger partial charge in [-0.05, 0) is 59.8 Å². The van der Waals surface area contributed by atoms with Gasteiger partial charge in [0.15, 0.2) is 0 Å². The third-order valence-electron chi connectivity index (χ3n) is 3.53. The van der Waals surface area contributed by atoms with Crippen LogP contribution in [0.1, 0.15) is 35.4 Å². The fourth-order valence-electron chi connectivity index (χ4n) is 2.40. The van der Waals surface area contributed by atoms with Crippen LogP contribution in [0.4, 0.5) is 0 Å². The van der Waals surface area contributed by atoms with E-state index in [0.717, 1.165) is 13.0 Å². The van der Waals surface area contributed by atoms with Crippen LogP contribution in [0.25, 0.3) is 0 Å². The molecule has 2 aromatic rings. The molecule has 2 atom stereocenters. The van der Waals surface area contributed by atoms with E-state index in [-0.39, 0.29) is 6.04 Å². The highest BCUT2D eigenvalue weighted by Crippen LogP contribution is 2.32. The lowest BCUT2D eigenvalue weighted by Gasteiger charge is -2.32. The summed E-state index contributed by atoms with van der Waals surface area (Å²) in [4.78, 5) is 3.79. The van der Waals surface area contributed by atoms with E-state index < -0.39 is 0 Å². The van der Waals surface area contributed by atoms with Crippen molar-refractivity contribution in [1.29, 1.82) is 0 Å². The monoisotopic (exact) mass is 294 g/mol. The molecule has 0 aliphatic carbocycles. The van der Waals surface area contributed by atoms with Crippen LogP contribution in [0.3, 0.4) is 0 Å². The van der Waals surface area contributed by atoms with Crippen molar-refractivity contribution < 1.29 is 0 Å². The van der Waals surface area contributed by atoms with E-state index in [1.54, 1.807) is 11.3 Å². The van der Waals surface area contributed by atoms with Crippen LogP contribution in [0.15, 0.2) is 28.3 Å². The van der Waals surface area contributed by atoms with Gasteiger partial charge in [-0.3, -0.25) is 4.90 Å². The van der Waals surface area contributed by atoms with Crippen molar-refractivity contribution in [2.24, 2.45) is 5.73 Å². The molecule has 2 nitrogen and oxygen atoms in total. The first kappa shape index (κ1) is 14.7. The van der Waals surface area contributed by atoms with Gasteiger partial charge in [0.25, 0.3) is 0 Å². The summed E-state index contributed by atoms with van der Waals surface area (Å²) in [5, 5.41) is 6.51. The summed E-state index contributed by atoms with van der Waals surface area (Å²) < 4.78 is 0. The van der Waals surface area contributed by atoms with E-state index in [1.165, 1.54) is 16.0 Å². The van der Waals surface area contributed by atoms with E-state index in [0.29, 0.717) is 6.04 Å². The Morgan fingerprint density at radius 1 is 1.32 bits per heavy atom. The van der Waals surface area contributed by atoms with Gasteiger partial charge in [0, 0.05) is 17.5 Å². The maximum Gasteiger partial charge on any atom is 0.0596 e. The molecular formula is C15H22N2S2. The average molecular weight is 294 g/mol. The molecule has 2 N–H and O–H groups in total. The Labute approximate surface area is 123 Å². The molecule has 0 aliphatic heterocycles. The predicted octanol–water partition coefficient (Wildman–Crippen LogP) is 4.03. The van der Waals surface area contributed by atoms with Gasteiger partial charge >= 0.3 is 0 Å². The summed E-state index contributed by atoms with van der Waals surface area (Å²) in [5.74, 6) is 0. The van der Waals surface area contributed by atoms with Crippen LogP contribution in [0.5, 0.6) is 0 Å². The van der Waals surface area contributed by atoms with Crippen molar-refractivity contribution in [3.63, 3.8) is 0 Å². The Hall–Kier alpha value is -0.680. The van der Waals surface area contributed by atoms with Crippen molar-refractivity contribution in [3.8, 4) is 0 Å². The molecule has 0 amide bonds. The highest BCUT2D eigenvalue weighted by molar-refractivity contribution is 7.10. The van der Waals surface area contributed by atoms with Gasteiger partial charge in [-0.15, -0.1) is 11.3 Å². The van der Waals surface area contributed by atoms with Gasteiger partial charge in [-0.25, -0.2) is 0 Å². The fraction of sp³-hybridized carbons (Fsp3) is 0.467. The molecule has 0 radical (unpaired) electrons. The fourth-order valence-corrected chi connectivity index (χ4v) is 4.23. The molecule has 0 aliphatic rings. The normalized spacial score (nSPS) is 14.8. The molecule has 19 heavy (non-hydrogen) atoms. The standard InChI is InChI=1S/C15H22N2S2/c1-4-13(16)14(15-11(2)5-8-19-15)17(3)9-12-6-7-18-10-12/h5-8,10,13-14H,4,9,16H2,1-3H3. The van der Waals surface area contributed by atoms with Crippen LogP contribution in [-0.4, -0.2) is 18.0 Å². The zero-order valence-corrected chi connectivity index (χ0v) is 13.4. The van der Waals surface area contributed by atoms with Crippen molar-refractivity contribution in [1.82, 2.24) is 4.90 Å². The number of rotatable bonds is 6. The summed E-state index contributed by atoms with van der Waals surface area (Å²) >= 11 is 3.58. The first-order chi connectivity index (χ1) is 9.13. The lowest BCUT2D eigenvalue weighted by Crippen LogP contribution is -2.38. The molecule has 2 aromatic heterocycles. The summed E-state index contributed by atoms with van der Waals surface area (Å²) in [7, 11) is 2.18. The van der Waals surface area contributed by atoms with Crippen molar-refractivity contribution in [2.45, 2.75) is 38.9 Å². The van der Waals surface area contributed by atoms with E-state index in [1.807, 2.05) is 11.3 Å². The first-order valence-electron chi connectivity index (χ1n) is 6.64. The van der Waals surface area contributed by atoms with Crippen LogP contribution < -0.4 is 5.73 Å². The number of hydrogen-bond acceptors (Lipinski definition) is 4. The van der Waals surface area contributed by atoms with Crippen molar-refractivity contribution in [2.75, 3.05) is 7.05 Å². The Kier molecular flexibility index (Phi) is 5.16. The summed E-state index contributed by atoms with van der Waals surface area (Å²) in [6.45, 7) is 5.30. The number of nitrogens with zero attached hydrogens (tertiary/aromatic N) is 1. The molecule has 2 heterocycles. The first-order valence-corrected chi connectivity index (χ1v) is 8.46. The molecule has 2 unspecified atom stereocenters. The van der Waals surface area contributed by atoms with E-state index in [2.05, 4.69) is 54.1 Å². The van der Waals surface area contributed by atoms with E-state index in [4.69, 9.17) is 5.73 Å².